The highest BCUT2D eigenvalue weighted by molar-refractivity contribution is 5.93. The Hall–Kier alpha value is -2.54. The standard InChI is InChI=1S/C18H23N5O2/c1-22(2)17-9-16(20-13-21-17)8-14-11-23(6-7-25-12-14)18(24)15-4-3-5-19-10-15/h3-5,9-10,13-14H,6-8,11-12H2,1-2H3. The molecule has 1 aliphatic rings. The van der Waals surface area contributed by atoms with Gasteiger partial charge >= 0.3 is 0 Å². The lowest BCUT2D eigenvalue weighted by atomic mass is 10.0. The van der Waals surface area contributed by atoms with Crippen LogP contribution in [0.1, 0.15) is 16.1 Å². The van der Waals surface area contributed by atoms with E-state index in [1.807, 2.05) is 30.0 Å². The van der Waals surface area contributed by atoms with Gasteiger partial charge in [0, 0.05) is 57.3 Å². The molecule has 2 aromatic heterocycles. The van der Waals surface area contributed by atoms with Gasteiger partial charge in [-0.05, 0) is 18.6 Å². The van der Waals surface area contributed by atoms with E-state index >= 15 is 0 Å². The average Bonchev–Trinajstić information content (AvgIpc) is 2.87. The van der Waals surface area contributed by atoms with Crippen LogP contribution in [-0.2, 0) is 11.2 Å². The van der Waals surface area contributed by atoms with Crippen LogP contribution in [0.25, 0.3) is 0 Å². The lowest BCUT2D eigenvalue weighted by molar-refractivity contribution is 0.0737. The van der Waals surface area contributed by atoms with Gasteiger partial charge in [0.1, 0.15) is 12.1 Å². The summed E-state index contributed by atoms with van der Waals surface area (Å²) < 4.78 is 5.71. The van der Waals surface area contributed by atoms with Crippen LogP contribution in [0.4, 0.5) is 5.82 Å². The quantitative estimate of drug-likeness (QED) is 0.834. The summed E-state index contributed by atoms with van der Waals surface area (Å²) in [4.78, 5) is 29.1. The number of ether oxygens (including phenoxy) is 1. The van der Waals surface area contributed by atoms with Gasteiger partial charge < -0.3 is 14.5 Å². The molecule has 1 amide bonds. The maximum absolute atomic E-state index is 12.7. The number of carbonyl (C=O) groups excluding carboxylic acids is 1. The fourth-order valence-corrected chi connectivity index (χ4v) is 2.90. The van der Waals surface area contributed by atoms with Crippen molar-refractivity contribution >= 4 is 11.7 Å². The van der Waals surface area contributed by atoms with Crippen molar-refractivity contribution in [1.82, 2.24) is 19.9 Å². The lowest BCUT2D eigenvalue weighted by Gasteiger charge is -2.23. The molecule has 0 aromatic carbocycles. The Kier molecular flexibility index (Phi) is 5.55. The van der Waals surface area contributed by atoms with Crippen LogP contribution in [0.15, 0.2) is 36.9 Å². The highest BCUT2D eigenvalue weighted by atomic mass is 16.5. The van der Waals surface area contributed by atoms with E-state index < -0.39 is 0 Å². The van der Waals surface area contributed by atoms with Gasteiger partial charge in [-0.2, -0.15) is 0 Å². The van der Waals surface area contributed by atoms with Crippen molar-refractivity contribution in [1.29, 1.82) is 0 Å². The maximum atomic E-state index is 12.7. The van der Waals surface area contributed by atoms with Gasteiger partial charge in [0.2, 0.25) is 0 Å². The third kappa shape index (κ3) is 4.51. The summed E-state index contributed by atoms with van der Waals surface area (Å²) in [6.45, 7) is 2.42. The molecule has 3 heterocycles. The second-order valence-electron chi connectivity index (χ2n) is 6.40. The van der Waals surface area contributed by atoms with E-state index in [2.05, 4.69) is 15.0 Å². The molecule has 25 heavy (non-hydrogen) atoms. The number of anilines is 1. The summed E-state index contributed by atoms with van der Waals surface area (Å²) in [5.74, 6) is 1.08. The van der Waals surface area contributed by atoms with Gasteiger partial charge in [0.25, 0.3) is 5.91 Å². The molecule has 0 spiro atoms. The number of amides is 1. The fourth-order valence-electron chi connectivity index (χ4n) is 2.90. The van der Waals surface area contributed by atoms with Crippen LogP contribution in [0.3, 0.4) is 0 Å². The van der Waals surface area contributed by atoms with Crippen molar-refractivity contribution in [2.75, 3.05) is 45.3 Å². The molecule has 132 valence electrons. The molecule has 0 saturated carbocycles. The molecule has 1 unspecified atom stereocenters. The molecule has 1 saturated heterocycles. The second-order valence-corrected chi connectivity index (χ2v) is 6.40. The minimum atomic E-state index is 0.000248. The van der Waals surface area contributed by atoms with Crippen LogP contribution in [0.2, 0.25) is 0 Å². The van der Waals surface area contributed by atoms with Gasteiger partial charge in [0.15, 0.2) is 0 Å². The fraction of sp³-hybridized carbons (Fsp3) is 0.444. The first-order valence-electron chi connectivity index (χ1n) is 8.39. The molecule has 0 N–H and O–H groups in total. The summed E-state index contributed by atoms with van der Waals surface area (Å²) in [7, 11) is 3.91. The minimum Gasteiger partial charge on any atom is -0.379 e. The molecule has 0 aliphatic carbocycles. The van der Waals surface area contributed by atoms with Crippen LogP contribution in [-0.4, -0.2) is 66.2 Å². The Morgan fingerprint density at radius 1 is 1.40 bits per heavy atom. The van der Waals surface area contributed by atoms with Gasteiger partial charge in [-0.25, -0.2) is 9.97 Å². The van der Waals surface area contributed by atoms with Crippen molar-refractivity contribution in [3.05, 3.63) is 48.2 Å². The van der Waals surface area contributed by atoms with E-state index in [1.165, 1.54) is 0 Å². The monoisotopic (exact) mass is 341 g/mol. The van der Waals surface area contributed by atoms with E-state index in [-0.39, 0.29) is 11.8 Å². The third-order valence-electron chi connectivity index (χ3n) is 4.20. The van der Waals surface area contributed by atoms with Crippen molar-refractivity contribution in [3.63, 3.8) is 0 Å². The number of pyridine rings is 1. The second kappa shape index (κ2) is 8.02. The van der Waals surface area contributed by atoms with Gasteiger partial charge in [0.05, 0.1) is 18.8 Å². The Balaban J connectivity index is 1.70. The number of rotatable bonds is 4. The first kappa shape index (κ1) is 17.3. The Labute approximate surface area is 147 Å². The van der Waals surface area contributed by atoms with Crippen LogP contribution < -0.4 is 4.90 Å². The lowest BCUT2D eigenvalue weighted by Crippen LogP contribution is -2.36. The largest absolute Gasteiger partial charge is 0.379 e. The summed E-state index contributed by atoms with van der Waals surface area (Å²) in [5.41, 5.74) is 1.57. The van der Waals surface area contributed by atoms with Gasteiger partial charge in [-0.3, -0.25) is 9.78 Å². The Bertz CT molecular complexity index is 708. The molecule has 7 heteroatoms. The van der Waals surface area contributed by atoms with Crippen molar-refractivity contribution in [2.45, 2.75) is 6.42 Å². The molecule has 0 radical (unpaired) electrons. The maximum Gasteiger partial charge on any atom is 0.255 e. The predicted molar refractivity (Wildman–Crippen MR) is 94.5 cm³/mol. The average molecular weight is 341 g/mol. The summed E-state index contributed by atoms with van der Waals surface area (Å²) >= 11 is 0. The van der Waals surface area contributed by atoms with E-state index in [0.29, 0.717) is 31.9 Å². The van der Waals surface area contributed by atoms with Crippen LogP contribution in [0.5, 0.6) is 0 Å². The molecular weight excluding hydrogens is 318 g/mol. The van der Waals surface area contributed by atoms with Gasteiger partial charge in [-0.1, -0.05) is 0 Å². The summed E-state index contributed by atoms with van der Waals surface area (Å²) in [6.07, 6.45) is 5.61. The topological polar surface area (TPSA) is 71.5 Å². The number of aromatic nitrogens is 3. The van der Waals surface area contributed by atoms with E-state index in [9.17, 15) is 4.79 Å². The molecule has 3 rings (SSSR count). The van der Waals surface area contributed by atoms with Crippen molar-refractivity contribution < 1.29 is 9.53 Å². The molecule has 0 bridgehead atoms. The summed E-state index contributed by atoms with van der Waals surface area (Å²) in [6, 6.07) is 5.56. The molecule has 1 atom stereocenters. The molecule has 1 fully saturated rings. The highest BCUT2D eigenvalue weighted by Gasteiger charge is 2.24. The number of hydrogen-bond donors (Lipinski definition) is 0. The van der Waals surface area contributed by atoms with Crippen LogP contribution in [0, 0.1) is 5.92 Å². The first-order chi connectivity index (χ1) is 12.1. The zero-order chi connectivity index (χ0) is 17.6. The van der Waals surface area contributed by atoms with E-state index in [1.54, 1.807) is 30.9 Å². The smallest absolute Gasteiger partial charge is 0.255 e. The number of hydrogen-bond acceptors (Lipinski definition) is 6. The van der Waals surface area contributed by atoms with Gasteiger partial charge in [-0.15, -0.1) is 0 Å². The normalized spacial score (nSPS) is 17.8. The Morgan fingerprint density at radius 2 is 2.28 bits per heavy atom. The highest BCUT2D eigenvalue weighted by Crippen LogP contribution is 2.16. The molecular formula is C18H23N5O2. The first-order valence-corrected chi connectivity index (χ1v) is 8.39. The Morgan fingerprint density at radius 3 is 3.04 bits per heavy atom. The predicted octanol–water partition coefficient (Wildman–Crippen LogP) is 1.27. The molecule has 7 nitrogen and oxygen atoms in total. The zero-order valence-corrected chi connectivity index (χ0v) is 14.6. The molecule has 1 aliphatic heterocycles. The SMILES string of the molecule is CN(C)c1cc(CC2COCCN(C(=O)c3cccnc3)C2)ncn1. The van der Waals surface area contributed by atoms with Crippen LogP contribution >= 0.6 is 0 Å². The minimum absolute atomic E-state index is 0.000248. The van der Waals surface area contributed by atoms with E-state index in [4.69, 9.17) is 4.74 Å². The number of nitrogens with zero attached hydrogens (tertiary/aromatic N) is 5. The molecule has 2 aromatic rings. The zero-order valence-electron chi connectivity index (χ0n) is 14.6. The number of carbonyl (C=O) groups is 1. The van der Waals surface area contributed by atoms with Crippen molar-refractivity contribution in [3.8, 4) is 0 Å². The van der Waals surface area contributed by atoms with E-state index in [0.717, 1.165) is 17.9 Å². The van der Waals surface area contributed by atoms with Crippen molar-refractivity contribution in [2.24, 2.45) is 5.92 Å². The summed E-state index contributed by atoms with van der Waals surface area (Å²) in [5, 5.41) is 0. The third-order valence-corrected chi connectivity index (χ3v) is 4.20.